The molecule has 0 radical (unpaired) electrons. The van der Waals surface area contributed by atoms with Gasteiger partial charge in [0.25, 0.3) is 8.32 Å². The lowest BCUT2D eigenvalue weighted by Gasteiger charge is -2.45. The molecule has 6 heteroatoms. The molecule has 0 fully saturated rings. The first-order chi connectivity index (χ1) is 17.7. The van der Waals surface area contributed by atoms with Crippen molar-refractivity contribution in [2.75, 3.05) is 6.61 Å². The zero-order chi connectivity index (χ0) is 28.2. The van der Waals surface area contributed by atoms with E-state index in [-0.39, 0.29) is 16.2 Å². The van der Waals surface area contributed by atoms with Crippen molar-refractivity contribution in [1.29, 1.82) is 0 Å². The molecule has 0 saturated carbocycles. The van der Waals surface area contributed by atoms with Gasteiger partial charge in [-0.1, -0.05) is 102 Å². The Morgan fingerprint density at radius 2 is 1.42 bits per heavy atom. The lowest BCUT2D eigenvalue weighted by molar-refractivity contribution is 0.173. The van der Waals surface area contributed by atoms with Crippen molar-refractivity contribution in [2.24, 2.45) is 0 Å². The molecular weight excluding hydrogens is 519 g/mol. The van der Waals surface area contributed by atoms with Crippen LogP contribution >= 0.6 is 11.3 Å². The van der Waals surface area contributed by atoms with Crippen LogP contribution in [-0.4, -0.2) is 34.3 Å². The second kappa shape index (κ2) is 12.1. The van der Waals surface area contributed by atoms with Crippen LogP contribution in [0.3, 0.4) is 0 Å². The first kappa shape index (κ1) is 30.7. The highest BCUT2D eigenvalue weighted by Gasteiger charge is 2.51. The summed E-state index contributed by atoms with van der Waals surface area (Å²) in [5, 5.41) is 5.88. The summed E-state index contributed by atoms with van der Waals surface area (Å²) in [6.07, 6.45) is 2.92. The lowest BCUT2D eigenvalue weighted by Crippen LogP contribution is -2.67. The zero-order valence-electron chi connectivity index (χ0n) is 25.1. The van der Waals surface area contributed by atoms with Gasteiger partial charge in [0.05, 0.1) is 16.8 Å². The van der Waals surface area contributed by atoms with E-state index in [9.17, 15) is 0 Å². The van der Waals surface area contributed by atoms with E-state index < -0.39 is 16.6 Å². The number of hydrogen-bond acceptors (Lipinski definition) is 4. The van der Waals surface area contributed by atoms with Gasteiger partial charge in [0, 0.05) is 12.0 Å². The first-order valence-corrected chi connectivity index (χ1v) is 19.4. The maximum atomic E-state index is 7.60. The largest absolute Gasteiger partial charge is 0.417 e. The van der Waals surface area contributed by atoms with Crippen molar-refractivity contribution in [3.63, 3.8) is 0 Å². The highest BCUT2D eigenvalue weighted by Crippen LogP contribution is 2.40. The van der Waals surface area contributed by atoms with Gasteiger partial charge in [0.15, 0.2) is 8.32 Å². The van der Waals surface area contributed by atoms with Crippen LogP contribution in [0.2, 0.25) is 23.2 Å². The van der Waals surface area contributed by atoms with Crippen molar-refractivity contribution in [2.45, 2.75) is 91.1 Å². The van der Waals surface area contributed by atoms with E-state index in [1.165, 1.54) is 15.9 Å². The molecule has 0 aliphatic rings. The summed E-state index contributed by atoms with van der Waals surface area (Å²) < 4.78 is 14.3. The molecule has 3 aromatic rings. The molecule has 0 spiro atoms. The highest BCUT2D eigenvalue weighted by molar-refractivity contribution is 7.09. The second-order valence-electron chi connectivity index (χ2n) is 12.8. The molecule has 0 N–H and O–H groups in total. The summed E-state index contributed by atoms with van der Waals surface area (Å²) in [5.74, 6) is 0. The van der Waals surface area contributed by atoms with Gasteiger partial charge in [-0.05, 0) is 65.5 Å². The molecule has 1 aromatic heterocycles. The van der Waals surface area contributed by atoms with Crippen LogP contribution in [0.25, 0.3) is 6.08 Å². The summed E-state index contributed by atoms with van der Waals surface area (Å²) in [6, 6.07) is 21.8. The van der Waals surface area contributed by atoms with Crippen LogP contribution in [-0.2, 0) is 8.85 Å². The third-order valence-electron chi connectivity index (χ3n) is 7.91. The van der Waals surface area contributed by atoms with E-state index in [0.29, 0.717) is 6.61 Å². The summed E-state index contributed by atoms with van der Waals surface area (Å²) >= 11 is 1.69. The molecule has 3 nitrogen and oxygen atoms in total. The van der Waals surface area contributed by atoms with E-state index in [0.717, 1.165) is 17.1 Å². The summed E-state index contributed by atoms with van der Waals surface area (Å²) in [4.78, 5) is 4.72. The van der Waals surface area contributed by atoms with Crippen LogP contribution < -0.4 is 10.4 Å². The minimum Gasteiger partial charge on any atom is -0.417 e. The van der Waals surface area contributed by atoms with Gasteiger partial charge in [-0.25, -0.2) is 4.98 Å². The number of rotatable bonds is 10. The Hall–Kier alpha value is -1.84. The summed E-state index contributed by atoms with van der Waals surface area (Å²) in [5.41, 5.74) is 2.20. The molecule has 1 atom stereocenters. The molecule has 206 valence electrons. The average molecular weight is 566 g/mol. The molecule has 0 saturated heterocycles. The third-order valence-corrected chi connectivity index (χ3v) is 18.3. The molecule has 0 amide bonds. The van der Waals surface area contributed by atoms with Crippen LogP contribution in [0.1, 0.15) is 65.6 Å². The van der Waals surface area contributed by atoms with Gasteiger partial charge in [0.2, 0.25) is 0 Å². The Morgan fingerprint density at radius 3 is 1.84 bits per heavy atom. The van der Waals surface area contributed by atoms with Gasteiger partial charge >= 0.3 is 0 Å². The predicted octanol–water partition coefficient (Wildman–Crippen LogP) is 8.21. The number of aromatic nitrogens is 1. The Labute approximate surface area is 237 Å². The van der Waals surface area contributed by atoms with Crippen LogP contribution in [0.15, 0.2) is 71.6 Å². The van der Waals surface area contributed by atoms with E-state index >= 15 is 0 Å². The Morgan fingerprint density at radius 1 is 0.895 bits per heavy atom. The van der Waals surface area contributed by atoms with Gasteiger partial charge in [-0.15, -0.1) is 11.3 Å². The van der Waals surface area contributed by atoms with E-state index in [1.54, 1.807) is 11.3 Å². The maximum Gasteiger partial charge on any atom is 0.261 e. The number of hydrogen-bond donors (Lipinski definition) is 0. The SMILES string of the molecule is C/C(=C\c1csc(C)n1)C(CCO[Si](C)(C)C(C)(C)C)O[Si](c1ccccc1)(c1ccccc1)C(C)(C)C. The maximum absolute atomic E-state index is 7.60. The molecule has 1 unspecified atom stereocenters. The quantitative estimate of drug-likeness (QED) is 0.232. The Balaban J connectivity index is 2.10. The number of aryl methyl sites for hydroxylation is 1. The van der Waals surface area contributed by atoms with Crippen LogP contribution in [0, 0.1) is 6.92 Å². The number of thiazole rings is 1. The smallest absolute Gasteiger partial charge is 0.261 e. The summed E-state index contributed by atoms with van der Waals surface area (Å²) in [7, 11) is -4.60. The Kier molecular flexibility index (Phi) is 9.80. The second-order valence-corrected chi connectivity index (χ2v) is 23.0. The molecule has 0 aliphatic carbocycles. The van der Waals surface area contributed by atoms with Gasteiger partial charge in [-0.3, -0.25) is 0 Å². The first-order valence-electron chi connectivity index (χ1n) is 13.7. The van der Waals surface area contributed by atoms with Crippen molar-refractivity contribution in [1.82, 2.24) is 4.98 Å². The highest BCUT2D eigenvalue weighted by atomic mass is 32.1. The number of nitrogens with zero attached hydrogens (tertiary/aromatic N) is 1. The summed E-state index contributed by atoms with van der Waals surface area (Å²) in [6.45, 7) is 23.5. The normalized spacial score (nSPS) is 14.5. The minimum atomic E-state index is -2.72. The van der Waals surface area contributed by atoms with E-state index in [4.69, 9.17) is 13.8 Å². The van der Waals surface area contributed by atoms with Gasteiger partial charge in [0.1, 0.15) is 0 Å². The predicted molar refractivity (Wildman–Crippen MR) is 171 cm³/mol. The minimum absolute atomic E-state index is 0.0897. The molecular formula is C32H47NO2SSi2. The fourth-order valence-corrected chi connectivity index (χ4v) is 11.1. The molecule has 0 aliphatic heterocycles. The van der Waals surface area contributed by atoms with Gasteiger partial charge in [-0.2, -0.15) is 0 Å². The van der Waals surface area contributed by atoms with Crippen LogP contribution in [0.5, 0.6) is 0 Å². The molecule has 0 bridgehead atoms. The monoisotopic (exact) mass is 565 g/mol. The van der Waals surface area contributed by atoms with Gasteiger partial charge < -0.3 is 8.85 Å². The third kappa shape index (κ3) is 7.02. The van der Waals surface area contributed by atoms with Crippen molar-refractivity contribution >= 4 is 44.4 Å². The standard InChI is InChI=1S/C32H47NO2SSi2/c1-25(23-27-24-36-26(2)33-27)30(21-22-34-37(9,10)31(3,4)5)35-38(32(6,7)8,28-17-13-11-14-18-28)29-19-15-12-16-20-29/h11-20,23-24,30H,21-22H2,1-10H3/b25-23+. The van der Waals surface area contributed by atoms with Crippen molar-refractivity contribution in [3.8, 4) is 0 Å². The van der Waals surface area contributed by atoms with Crippen molar-refractivity contribution in [3.05, 3.63) is 82.3 Å². The molecule has 2 aromatic carbocycles. The Bertz CT molecular complexity index is 1150. The fourth-order valence-electron chi connectivity index (χ4n) is 4.69. The van der Waals surface area contributed by atoms with E-state index in [1.807, 2.05) is 0 Å². The zero-order valence-corrected chi connectivity index (χ0v) is 27.9. The van der Waals surface area contributed by atoms with E-state index in [2.05, 4.69) is 141 Å². The molecule has 1 heterocycles. The lowest BCUT2D eigenvalue weighted by atomic mass is 10.1. The van der Waals surface area contributed by atoms with Crippen molar-refractivity contribution < 1.29 is 8.85 Å². The average Bonchev–Trinajstić information content (AvgIpc) is 3.25. The molecule has 3 rings (SSSR count). The number of benzene rings is 2. The van der Waals surface area contributed by atoms with Crippen LogP contribution in [0.4, 0.5) is 0 Å². The molecule has 38 heavy (non-hydrogen) atoms. The topological polar surface area (TPSA) is 31.4 Å². The fraction of sp³-hybridized carbons (Fsp3) is 0.469.